The third-order valence-electron chi connectivity index (χ3n) is 2.48. The average molecular weight is 256 g/mol. The van der Waals surface area contributed by atoms with E-state index in [4.69, 9.17) is 18.0 Å². The van der Waals surface area contributed by atoms with Crippen molar-refractivity contribution < 1.29 is 18.0 Å². The monoisotopic (exact) mass is 256 g/mol. The third-order valence-corrected chi connectivity index (χ3v) is 5.17. The molecule has 4 nitrogen and oxygen atoms in total. The minimum absolute atomic E-state index is 0.665. The predicted octanol–water partition coefficient (Wildman–Crippen LogP) is 1.56. The van der Waals surface area contributed by atoms with Gasteiger partial charge in [0.15, 0.2) is 0 Å². The number of benzene rings is 1. The van der Waals surface area contributed by atoms with Gasteiger partial charge in [-0.05, 0) is 12.5 Å². The van der Waals surface area contributed by atoms with E-state index in [-0.39, 0.29) is 0 Å². The summed E-state index contributed by atoms with van der Waals surface area (Å²) in [5.74, 6) is 0.770. The Bertz CT molecular complexity index is 331. The Kier molecular flexibility index (Phi) is 5.63. The fourth-order valence-electron chi connectivity index (χ4n) is 1.64. The maximum Gasteiger partial charge on any atom is 0.540 e. The standard InChI is InChI=1S/C12H20O4Si/c1-5-10-16-11-8-6-7-9-12(11)17(13-2,14-3)15-4/h6-9H,5,10H2,1-4H3. The van der Waals surface area contributed by atoms with Crippen molar-refractivity contribution in [3.05, 3.63) is 24.3 Å². The summed E-state index contributed by atoms with van der Waals surface area (Å²) >= 11 is 0. The Morgan fingerprint density at radius 3 is 2.12 bits per heavy atom. The molecular formula is C12H20O4Si. The van der Waals surface area contributed by atoms with Crippen LogP contribution in [0.2, 0.25) is 0 Å². The van der Waals surface area contributed by atoms with Gasteiger partial charge in [-0.1, -0.05) is 25.1 Å². The highest BCUT2D eigenvalue weighted by atomic mass is 28.4. The zero-order valence-electron chi connectivity index (χ0n) is 10.9. The molecular weight excluding hydrogens is 236 g/mol. The van der Waals surface area contributed by atoms with Crippen molar-refractivity contribution in [3.63, 3.8) is 0 Å². The van der Waals surface area contributed by atoms with Gasteiger partial charge in [0, 0.05) is 21.3 Å². The van der Waals surface area contributed by atoms with Gasteiger partial charge < -0.3 is 18.0 Å². The van der Waals surface area contributed by atoms with Gasteiger partial charge in [0.1, 0.15) is 5.75 Å². The van der Waals surface area contributed by atoms with Gasteiger partial charge >= 0.3 is 8.80 Å². The Hall–Kier alpha value is -0.883. The van der Waals surface area contributed by atoms with Crippen LogP contribution in [0.3, 0.4) is 0 Å². The number of hydrogen-bond donors (Lipinski definition) is 0. The molecule has 0 fully saturated rings. The lowest BCUT2D eigenvalue weighted by atomic mass is 10.3. The molecule has 0 radical (unpaired) electrons. The van der Waals surface area contributed by atoms with Gasteiger partial charge in [0.2, 0.25) is 0 Å². The van der Waals surface area contributed by atoms with Crippen LogP contribution in [0, 0.1) is 0 Å². The Morgan fingerprint density at radius 1 is 1.00 bits per heavy atom. The Labute approximate surface area is 104 Å². The molecule has 0 saturated heterocycles. The minimum atomic E-state index is -2.81. The van der Waals surface area contributed by atoms with Crippen molar-refractivity contribution in [2.75, 3.05) is 27.9 Å². The molecule has 0 saturated carbocycles. The average Bonchev–Trinajstić information content (AvgIpc) is 2.40. The summed E-state index contributed by atoms with van der Waals surface area (Å²) in [4.78, 5) is 0. The smallest absolute Gasteiger partial charge is 0.493 e. The molecule has 0 aromatic heterocycles. The zero-order chi connectivity index (χ0) is 12.7. The van der Waals surface area contributed by atoms with Crippen LogP contribution in [-0.2, 0) is 13.3 Å². The van der Waals surface area contributed by atoms with Gasteiger partial charge in [-0.25, -0.2) is 0 Å². The first-order valence-electron chi connectivity index (χ1n) is 5.61. The fourth-order valence-corrected chi connectivity index (χ4v) is 3.55. The van der Waals surface area contributed by atoms with E-state index in [0.717, 1.165) is 17.4 Å². The maximum absolute atomic E-state index is 5.69. The van der Waals surface area contributed by atoms with E-state index in [9.17, 15) is 0 Å². The van der Waals surface area contributed by atoms with Gasteiger partial charge in [-0.2, -0.15) is 0 Å². The van der Waals surface area contributed by atoms with Crippen LogP contribution in [0.1, 0.15) is 13.3 Å². The van der Waals surface area contributed by atoms with Crippen molar-refractivity contribution in [1.82, 2.24) is 0 Å². The van der Waals surface area contributed by atoms with Crippen LogP contribution < -0.4 is 9.92 Å². The molecule has 0 spiro atoms. The van der Waals surface area contributed by atoms with E-state index >= 15 is 0 Å². The third kappa shape index (κ3) is 3.07. The van der Waals surface area contributed by atoms with Crippen LogP contribution in [0.25, 0.3) is 0 Å². The normalized spacial score (nSPS) is 11.5. The molecule has 17 heavy (non-hydrogen) atoms. The quantitative estimate of drug-likeness (QED) is 0.694. The molecule has 0 aliphatic carbocycles. The second-order valence-corrected chi connectivity index (χ2v) is 6.39. The van der Waals surface area contributed by atoms with Gasteiger partial charge in [0.25, 0.3) is 0 Å². The molecule has 0 aliphatic rings. The topological polar surface area (TPSA) is 36.9 Å². The molecule has 1 aromatic rings. The van der Waals surface area contributed by atoms with Crippen LogP contribution in [0.5, 0.6) is 5.75 Å². The first kappa shape index (κ1) is 14.2. The molecule has 96 valence electrons. The summed E-state index contributed by atoms with van der Waals surface area (Å²) in [6, 6.07) is 7.68. The molecule has 0 heterocycles. The molecule has 0 bridgehead atoms. The number of hydrogen-bond acceptors (Lipinski definition) is 4. The lowest BCUT2D eigenvalue weighted by molar-refractivity contribution is 0.139. The van der Waals surface area contributed by atoms with Crippen molar-refractivity contribution in [2.45, 2.75) is 13.3 Å². The molecule has 5 heteroatoms. The van der Waals surface area contributed by atoms with Gasteiger partial charge in [-0.15, -0.1) is 0 Å². The molecule has 0 aliphatic heterocycles. The lowest BCUT2D eigenvalue weighted by Gasteiger charge is -2.26. The summed E-state index contributed by atoms with van der Waals surface area (Å²) in [6.45, 7) is 2.73. The summed E-state index contributed by atoms with van der Waals surface area (Å²) < 4.78 is 22.1. The van der Waals surface area contributed by atoms with E-state index in [2.05, 4.69) is 6.92 Å². The van der Waals surface area contributed by atoms with E-state index in [0.29, 0.717) is 6.61 Å². The molecule has 0 N–H and O–H groups in total. The van der Waals surface area contributed by atoms with Crippen molar-refractivity contribution >= 4 is 14.0 Å². The van der Waals surface area contributed by atoms with Crippen LogP contribution in [0.4, 0.5) is 0 Å². The highest BCUT2D eigenvalue weighted by molar-refractivity contribution is 6.76. The first-order chi connectivity index (χ1) is 8.24. The Morgan fingerprint density at radius 2 is 1.59 bits per heavy atom. The van der Waals surface area contributed by atoms with Crippen LogP contribution in [0.15, 0.2) is 24.3 Å². The second-order valence-electron chi connectivity index (χ2n) is 3.51. The summed E-state index contributed by atoms with van der Waals surface area (Å²) in [6.07, 6.45) is 0.954. The minimum Gasteiger partial charge on any atom is -0.493 e. The highest BCUT2D eigenvalue weighted by Crippen LogP contribution is 2.16. The second kappa shape index (κ2) is 6.76. The SMILES string of the molecule is CCCOc1ccccc1[Si](OC)(OC)OC. The van der Waals surface area contributed by atoms with Gasteiger partial charge in [0.05, 0.1) is 11.8 Å². The maximum atomic E-state index is 5.69. The van der Waals surface area contributed by atoms with E-state index < -0.39 is 8.80 Å². The zero-order valence-corrected chi connectivity index (χ0v) is 11.9. The van der Waals surface area contributed by atoms with Crippen molar-refractivity contribution in [1.29, 1.82) is 0 Å². The van der Waals surface area contributed by atoms with Crippen molar-refractivity contribution in [2.24, 2.45) is 0 Å². The fraction of sp³-hybridized carbons (Fsp3) is 0.500. The van der Waals surface area contributed by atoms with Crippen LogP contribution in [-0.4, -0.2) is 36.7 Å². The van der Waals surface area contributed by atoms with E-state index in [1.165, 1.54) is 0 Å². The van der Waals surface area contributed by atoms with E-state index in [1.54, 1.807) is 21.3 Å². The first-order valence-corrected chi connectivity index (χ1v) is 7.34. The molecule has 0 atom stereocenters. The predicted molar refractivity (Wildman–Crippen MR) is 68.6 cm³/mol. The molecule has 1 aromatic carbocycles. The summed E-state index contributed by atoms with van der Waals surface area (Å²) in [5.41, 5.74) is 0. The number of ether oxygens (including phenoxy) is 1. The Balaban J connectivity index is 3.09. The highest BCUT2D eigenvalue weighted by Gasteiger charge is 2.43. The van der Waals surface area contributed by atoms with E-state index in [1.807, 2.05) is 24.3 Å². The molecule has 0 amide bonds. The van der Waals surface area contributed by atoms with Crippen LogP contribution >= 0.6 is 0 Å². The summed E-state index contributed by atoms with van der Waals surface area (Å²) in [7, 11) is 1.97. The summed E-state index contributed by atoms with van der Waals surface area (Å²) in [5, 5.41) is 0.862. The van der Waals surface area contributed by atoms with Crippen molar-refractivity contribution in [3.8, 4) is 5.75 Å². The lowest BCUT2D eigenvalue weighted by Crippen LogP contribution is -2.55. The molecule has 1 rings (SSSR count). The van der Waals surface area contributed by atoms with Gasteiger partial charge in [-0.3, -0.25) is 0 Å². The number of rotatable bonds is 7. The number of para-hydroxylation sites is 1. The largest absolute Gasteiger partial charge is 0.540 e. The molecule has 0 unspecified atom stereocenters.